The molecular weight excluding hydrogens is 230 g/mol. The van der Waals surface area contributed by atoms with E-state index >= 15 is 0 Å². The molecule has 0 aliphatic heterocycles. The summed E-state index contributed by atoms with van der Waals surface area (Å²) < 4.78 is 0. The van der Waals surface area contributed by atoms with Crippen LogP contribution in [-0.4, -0.2) is 20.3 Å². The molecular formula is C14H13NO3. The van der Waals surface area contributed by atoms with Crippen LogP contribution in [0.3, 0.4) is 0 Å². The smallest absolute Gasteiger partial charge is 0.162 e. The molecule has 3 rings (SSSR count). The fourth-order valence-electron chi connectivity index (χ4n) is 2.43. The maximum absolute atomic E-state index is 9.76. The van der Waals surface area contributed by atoms with E-state index in [4.69, 9.17) is 0 Å². The number of aromatic amines is 1. The lowest BCUT2D eigenvalue weighted by Gasteiger charge is -2.04. The van der Waals surface area contributed by atoms with Gasteiger partial charge in [-0.05, 0) is 32.0 Å². The predicted octanol–water partition coefficient (Wildman–Crippen LogP) is 3.05. The molecule has 0 radical (unpaired) electrons. The Morgan fingerprint density at radius 2 is 1.67 bits per heavy atom. The molecule has 0 saturated heterocycles. The topological polar surface area (TPSA) is 76.5 Å². The Morgan fingerprint density at radius 1 is 0.944 bits per heavy atom. The molecule has 0 bridgehead atoms. The molecule has 0 atom stereocenters. The molecule has 1 heterocycles. The first-order chi connectivity index (χ1) is 8.50. The molecule has 0 amide bonds. The van der Waals surface area contributed by atoms with Crippen molar-refractivity contribution in [3.8, 4) is 17.2 Å². The van der Waals surface area contributed by atoms with Gasteiger partial charge >= 0.3 is 0 Å². The van der Waals surface area contributed by atoms with E-state index in [-0.39, 0.29) is 17.2 Å². The number of hydrogen-bond donors (Lipinski definition) is 4. The van der Waals surface area contributed by atoms with Crippen LogP contribution < -0.4 is 0 Å². The van der Waals surface area contributed by atoms with Gasteiger partial charge in [-0.25, -0.2) is 0 Å². The Morgan fingerprint density at radius 3 is 2.39 bits per heavy atom. The Kier molecular flexibility index (Phi) is 1.99. The number of phenols is 3. The van der Waals surface area contributed by atoms with E-state index in [0.717, 1.165) is 27.4 Å². The lowest BCUT2D eigenvalue weighted by molar-refractivity contribution is 0.402. The fourth-order valence-corrected chi connectivity index (χ4v) is 2.43. The van der Waals surface area contributed by atoms with Crippen molar-refractivity contribution < 1.29 is 15.3 Å². The van der Waals surface area contributed by atoms with Crippen LogP contribution in [0.5, 0.6) is 17.2 Å². The quantitative estimate of drug-likeness (QED) is 0.458. The first-order valence-corrected chi connectivity index (χ1v) is 5.66. The Hall–Kier alpha value is -2.36. The fraction of sp³-hybridized carbons (Fsp3) is 0.143. The van der Waals surface area contributed by atoms with Gasteiger partial charge in [-0.3, -0.25) is 0 Å². The monoisotopic (exact) mass is 243 g/mol. The Labute approximate surface area is 103 Å². The van der Waals surface area contributed by atoms with Crippen molar-refractivity contribution in [3.63, 3.8) is 0 Å². The molecule has 18 heavy (non-hydrogen) atoms. The van der Waals surface area contributed by atoms with Crippen molar-refractivity contribution in [2.24, 2.45) is 0 Å². The van der Waals surface area contributed by atoms with Crippen LogP contribution in [0, 0.1) is 13.8 Å². The number of aromatic hydroxyl groups is 3. The number of aryl methyl sites for hydroxylation is 2. The molecule has 2 aromatic carbocycles. The van der Waals surface area contributed by atoms with Crippen LogP contribution in [0.25, 0.3) is 21.8 Å². The summed E-state index contributed by atoms with van der Waals surface area (Å²) in [5.41, 5.74) is 2.99. The maximum atomic E-state index is 9.76. The summed E-state index contributed by atoms with van der Waals surface area (Å²) in [6, 6.07) is 4.93. The molecule has 0 fully saturated rings. The molecule has 92 valence electrons. The molecule has 4 nitrogen and oxygen atoms in total. The lowest BCUT2D eigenvalue weighted by atomic mass is 10.0. The Balaban J connectivity index is 2.62. The summed E-state index contributed by atoms with van der Waals surface area (Å²) in [6.45, 7) is 3.56. The van der Waals surface area contributed by atoms with Gasteiger partial charge in [0, 0.05) is 27.4 Å². The first-order valence-electron chi connectivity index (χ1n) is 5.66. The summed E-state index contributed by atoms with van der Waals surface area (Å²) in [7, 11) is 0. The summed E-state index contributed by atoms with van der Waals surface area (Å²) >= 11 is 0. The van der Waals surface area contributed by atoms with Crippen LogP contribution in [-0.2, 0) is 0 Å². The molecule has 1 aromatic heterocycles. The van der Waals surface area contributed by atoms with Gasteiger partial charge in [-0.1, -0.05) is 0 Å². The van der Waals surface area contributed by atoms with Gasteiger partial charge in [-0.2, -0.15) is 0 Å². The zero-order chi connectivity index (χ0) is 13.0. The Bertz CT molecular complexity index is 787. The number of H-pyrrole nitrogens is 1. The van der Waals surface area contributed by atoms with E-state index in [2.05, 4.69) is 4.98 Å². The van der Waals surface area contributed by atoms with E-state index in [0.29, 0.717) is 5.56 Å². The number of benzene rings is 2. The number of aromatic nitrogens is 1. The summed E-state index contributed by atoms with van der Waals surface area (Å²) in [4.78, 5) is 3.20. The molecule has 0 saturated carbocycles. The third-order valence-corrected chi connectivity index (χ3v) is 3.49. The minimum atomic E-state index is -0.149. The van der Waals surface area contributed by atoms with Gasteiger partial charge in [0.05, 0.1) is 5.52 Å². The highest BCUT2D eigenvalue weighted by Gasteiger charge is 2.15. The molecule has 0 aliphatic rings. The highest BCUT2D eigenvalue weighted by Crippen LogP contribution is 2.40. The van der Waals surface area contributed by atoms with Crippen molar-refractivity contribution in [1.82, 2.24) is 4.98 Å². The van der Waals surface area contributed by atoms with Crippen molar-refractivity contribution in [2.75, 3.05) is 0 Å². The van der Waals surface area contributed by atoms with Crippen LogP contribution >= 0.6 is 0 Å². The SMILES string of the molecule is Cc1c(O)c(O)cc2c1[nH]c1ccc(O)c(C)c12. The number of fused-ring (bicyclic) bond motifs is 3. The van der Waals surface area contributed by atoms with Crippen LogP contribution in [0.1, 0.15) is 11.1 Å². The van der Waals surface area contributed by atoms with E-state index in [1.807, 2.05) is 6.92 Å². The largest absolute Gasteiger partial charge is 0.508 e. The van der Waals surface area contributed by atoms with E-state index in [1.54, 1.807) is 19.1 Å². The third kappa shape index (κ3) is 1.20. The highest BCUT2D eigenvalue weighted by molar-refractivity contribution is 6.11. The zero-order valence-electron chi connectivity index (χ0n) is 10.1. The van der Waals surface area contributed by atoms with Crippen molar-refractivity contribution >= 4 is 21.8 Å². The van der Waals surface area contributed by atoms with Crippen LogP contribution in [0.15, 0.2) is 18.2 Å². The van der Waals surface area contributed by atoms with Gasteiger partial charge in [-0.15, -0.1) is 0 Å². The van der Waals surface area contributed by atoms with Crippen LogP contribution in [0.4, 0.5) is 0 Å². The summed E-state index contributed by atoms with van der Waals surface area (Å²) in [6.07, 6.45) is 0. The molecule has 0 unspecified atom stereocenters. The summed E-state index contributed by atoms with van der Waals surface area (Å²) in [5, 5.41) is 30.9. The van der Waals surface area contributed by atoms with Crippen molar-refractivity contribution in [2.45, 2.75) is 13.8 Å². The number of hydrogen-bond acceptors (Lipinski definition) is 3. The van der Waals surface area contributed by atoms with Gasteiger partial charge in [0.2, 0.25) is 0 Å². The minimum Gasteiger partial charge on any atom is -0.508 e. The lowest BCUT2D eigenvalue weighted by Crippen LogP contribution is -1.80. The van der Waals surface area contributed by atoms with Crippen molar-refractivity contribution in [1.29, 1.82) is 0 Å². The van der Waals surface area contributed by atoms with E-state index in [9.17, 15) is 15.3 Å². The zero-order valence-corrected chi connectivity index (χ0v) is 10.1. The molecule has 0 spiro atoms. The number of nitrogens with one attached hydrogen (secondary N) is 1. The second kappa shape index (κ2) is 3.32. The molecule has 0 aliphatic carbocycles. The van der Waals surface area contributed by atoms with Crippen molar-refractivity contribution in [3.05, 3.63) is 29.3 Å². The normalized spacial score (nSPS) is 11.4. The van der Waals surface area contributed by atoms with Gasteiger partial charge in [0.25, 0.3) is 0 Å². The average Bonchev–Trinajstić information content (AvgIpc) is 2.70. The van der Waals surface area contributed by atoms with Gasteiger partial charge in [0.15, 0.2) is 11.5 Å². The van der Waals surface area contributed by atoms with Crippen LogP contribution in [0.2, 0.25) is 0 Å². The second-order valence-corrected chi connectivity index (χ2v) is 4.55. The number of rotatable bonds is 0. The molecule has 4 N–H and O–H groups in total. The standard InChI is InChI=1S/C14H13NO3/c1-6-10(16)4-3-9-12(6)8-5-11(17)14(18)7(2)13(8)15-9/h3-5,15-18H,1-2H3. The average molecular weight is 243 g/mol. The molecule has 4 heteroatoms. The highest BCUT2D eigenvalue weighted by atomic mass is 16.3. The van der Waals surface area contributed by atoms with Gasteiger partial charge < -0.3 is 20.3 Å². The summed E-state index contributed by atoms with van der Waals surface area (Å²) in [5.74, 6) is -0.0480. The predicted molar refractivity (Wildman–Crippen MR) is 70.3 cm³/mol. The van der Waals surface area contributed by atoms with E-state index in [1.165, 1.54) is 6.07 Å². The number of phenolic OH excluding ortho intramolecular Hbond substituents is 3. The van der Waals surface area contributed by atoms with Gasteiger partial charge in [0.1, 0.15) is 5.75 Å². The first kappa shape index (κ1) is 10.8. The minimum absolute atomic E-state index is 0.115. The molecule has 3 aromatic rings. The third-order valence-electron chi connectivity index (χ3n) is 3.49. The second-order valence-electron chi connectivity index (χ2n) is 4.55. The maximum Gasteiger partial charge on any atom is 0.162 e. The van der Waals surface area contributed by atoms with E-state index < -0.39 is 0 Å².